The second-order valence-electron chi connectivity index (χ2n) is 4.69. The van der Waals surface area contributed by atoms with Crippen LogP contribution in [0.25, 0.3) is 10.2 Å². The summed E-state index contributed by atoms with van der Waals surface area (Å²) >= 11 is 1.64. The smallest absolute Gasteiger partial charge is 0.352 e. The minimum atomic E-state index is -0.867. The van der Waals surface area contributed by atoms with Gasteiger partial charge in [-0.1, -0.05) is 0 Å². The average Bonchev–Trinajstić information content (AvgIpc) is 2.96. The first-order valence-electron chi connectivity index (χ1n) is 6.09. The highest BCUT2D eigenvalue weighted by molar-refractivity contribution is 7.19. The predicted molar refractivity (Wildman–Crippen MR) is 70.5 cm³/mol. The highest BCUT2D eigenvalue weighted by Gasteiger charge is 2.22. The molecule has 1 atom stereocenters. The number of hydrogen-bond acceptors (Lipinski definition) is 3. The van der Waals surface area contributed by atoms with Gasteiger partial charge < -0.3 is 14.4 Å². The standard InChI is InChI=1S/C13H15NO3S/c1-8-5-10-12(18-8)6-11(13(15)16)14(10)7-9-3-2-4-17-9/h5-6,9H,2-4,7H2,1H3,(H,15,16)/t9-/m1/s1. The Balaban J connectivity index is 2.04. The first-order chi connectivity index (χ1) is 8.65. The van der Waals surface area contributed by atoms with Gasteiger partial charge in [0.15, 0.2) is 0 Å². The van der Waals surface area contributed by atoms with Gasteiger partial charge in [0.2, 0.25) is 0 Å². The first kappa shape index (κ1) is 11.7. The molecule has 3 rings (SSSR count). The number of aromatic nitrogens is 1. The molecular formula is C13H15NO3S. The summed E-state index contributed by atoms with van der Waals surface area (Å²) in [6.07, 6.45) is 2.24. The Kier molecular flexibility index (Phi) is 2.87. The van der Waals surface area contributed by atoms with Gasteiger partial charge in [-0.25, -0.2) is 4.79 Å². The van der Waals surface area contributed by atoms with Gasteiger partial charge in [-0.05, 0) is 31.9 Å². The number of rotatable bonds is 3. The first-order valence-corrected chi connectivity index (χ1v) is 6.91. The molecular weight excluding hydrogens is 250 g/mol. The maximum absolute atomic E-state index is 11.3. The Labute approximate surface area is 109 Å². The molecule has 5 heteroatoms. The van der Waals surface area contributed by atoms with Crippen LogP contribution in [0, 0.1) is 6.92 Å². The topological polar surface area (TPSA) is 51.5 Å². The van der Waals surface area contributed by atoms with E-state index >= 15 is 0 Å². The van der Waals surface area contributed by atoms with E-state index in [1.54, 1.807) is 17.4 Å². The van der Waals surface area contributed by atoms with Crippen LogP contribution in [0.1, 0.15) is 28.2 Å². The summed E-state index contributed by atoms with van der Waals surface area (Å²) in [4.78, 5) is 12.5. The van der Waals surface area contributed by atoms with Crippen molar-refractivity contribution >= 4 is 27.5 Å². The molecule has 1 N–H and O–H groups in total. The lowest BCUT2D eigenvalue weighted by atomic mass is 10.2. The van der Waals surface area contributed by atoms with Crippen LogP contribution < -0.4 is 0 Å². The zero-order chi connectivity index (χ0) is 12.7. The number of thiophene rings is 1. The Bertz CT molecular complexity index is 593. The van der Waals surface area contributed by atoms with E-state index in [-0.39, 0.29) is 6.10 Å². The summed E-state index contributed by atoms with van der Waals surface area (Å²) in [5, 5.41) is 9.27. The SMILES string of the molecule is Cc1cc2c(cc(C(=O)O)n2C[C@H]2CCCO2)s1. The number of aryl methyl sites for hydroxylation is 1. The van der Waals surface area contributed by atoms with Crippen LogP contribution in [0.3, 0.4) is 0 Å². The molecule has 18 heavy (non-hydrogen) atoms. The van der Waals surface area contributed by atoms with Crippen LogP contribution in [-0.4, -0.2) is 28.4 Å². The fourth-order valence-corrected chi connectivity index (χ4v) is 3.49. The molecule has 0 aliphatic carbocycles. The molecule has 1 saturated heterocycles. The molecule has 0 bridgehead atoms. The third kappa shape index (κ3) is 1.93. The lowest BCUT2D eigenvalue weighted by Crippen LogP contribution is -2.18. The summed E-state index contributed by atoms with van der Waals surface area (Å²) < 4.78 is 8.54. The summed E-state index contributed by atoms with van der Waals surface area (Å²) in [5.74, 6) is -0.867. The highest BCUT2D eigenvalue weighted by Crippen LogP contribution is 2.30. The third-order valence-electron chi connectivity index (χ3n) is 3.34. The molecule has 0 spiro atoms. The van der Waals surface area contributed by atoms with Gasteiger partial charge in [0.1, 0.15) is 5.69 Å². The van der Waals surface area contributed by atoms with Crippen molar-refractivity contribution in [2.75, 3.05) is 6.61 Å². The largest absolute Gasteiger partial charge is 0.477 e. The third-order valence-corrected chi connectivity index (χ3v) is 4.33. The van der Waals surface area contributed by atoms with Gasteiger partial charge in [-0.3, -0.25) is 0 Å². The van der Waals surface area contributed by atoms with Crippen LogP contribution in [0.15, 0.2) is 12.1 Å². The second kappa shape index (κ2) is 4.40. The average molecular weight is 265 g/mol. The summed E-state index contributed by atoms with van der Waals surface area (Å²) in [6.45, 7) is 3.48. The number of aromatic carboxylic acids is 1. The summed E-state index contributed by atoms with van der Waals surface area (Å²) in [7, 11) is 0. The van der Waals surface area contributed by atoms with Crippen LogP contribution in [0.4, 0.5) is 0 Å². The van der Waals surface area contributed by atoms with Crippen molar-refractivity contribution in [2.24, 2.45) is 0 Å². The predicted octanol–water partition coefficient (Wildman–Crippen LogP) is 2.89. The van der Waals surface area contributed by atoms with Crippen LogP contribution >= 0.6 is 11.3 Å². The molecule has 4 nitrogen and oxygen atoms in total. The number of carboxylic acid groups (broad SMARTS) is 1. The van der Waals surface area contributed by atoms with Crippen molar-refractivity contribution < 1.29 is 14.6 Å². The molecule has 2 aromatic heterocycles. The van der Waals surface area contributed by atoms with Crippen molar-refractivity contribution in [3.05, 3.63) is 22.7 Å². The maximum Gasteiger partial charge on any atom is 0.352 e. The fourth-order valence-electron chi connectivity index (χ4n) is 2.53. The van der Waals surface area contributed by atoms with Gasteiger partial charge in [0.05, 0.1) is 16.3 Å². The number of carboxylic acids is 1. The zero-order valence-corrected chi connectivity index (χ0v) is 11.0. The van der Waals surface area contributed by atoms with Gasteiger partial charge in [0.25, 0.3) is 0 Å². The van der Waals surface area contributed by atoms with E-state index < -0.39 is 5.97 Å². The molecule has 3 heterocycles. The molecule has 0 saturated carbocycles. The lowest BCUT2D eigenvalue weighted by molar-refractivity contribution is 0.0672. The zero-order valence-electron chi connectivity index (χ0n) is 10.2. The van der Waals surface area contributed by atoms with E-state index in [1.165, 1.54) is 4.88 Å². The van der Waals surface area contributed by atoms with Crippen LogP contribution in [0.2, 0.25) is 0 Å². The molecule has 2 aromatic rings. The minimum Gasteiger partial charge on any atom is -0.477 e. The van der Waals surface area contributed by atoms with Crippen molar-refractivity contribution in [3.63, 3.8) is 0 Å². The van der Waals surface area contributed by atoms with E-state index in [1.807, 2.05) is 11.5 Å². The quantitative estimate of drug-likeness (QED) is 0.928. The number of fused-ring (bicyclic) bond motifs is 1. The van der Waals surface area contributed by atoms with E-state index in [9.17, 15) is 9.90 Å². The second-order valence-corrected chi connectivity index (χ2v) is 5.97. The molecule has 0 radical (unpaired) electrons. The number of ether oxygens (including phenoxy) is 1. The van der Waals surface area contributed by atoms with Crippen molar-refractivity contribution in [3.8, 4) is 0 Å². The highest BCUT2D eigenvalue weighted by atomic mass is 32.1. The molecule has 1 fully saturated rings. The van der Waals surface area contributed by atoms with E-state index in [0.29, 0.717) is 12.2 Å². The monoisotopic (exact) mass is 265 g/mol. The molecule has 1 aliphatic heterocycles. The molecule has 0 aromatic carbocycles. The Morgan fingerprint density at radius 2 is 2.44 bits per heavy atom. The molecule has 0 unspecified atom stereocenters. The van der Waals surface area contributed by atoms with Gasteiger partial charge in [-0.2, -0.15) is 0 Å². The number of carbonyl (C=O) groups is 1. The minimum absolute atomic E-state index is 0.152. The van der Waals surface area contributed by atoms with E-state index in [2.05, 4.69) is 6.07 Å². The maximum atomic E-state index is 11.3. The van der Waals surface area contributed by atoms with Gasteiger partial charge >= 0.3 is 5.97 Å². The van der Waals surface area contributed by atoms with Crippen LogP contribution in [-0.2, 0) is 11.3 Å². The number of hydrogen-bond donors (Lipinski definition) is 1. The number of nitrogens with zero attached hydrogens (tertiary/aromatic N) is 1. The van der Waals surface area contributed by atoms with Gasteiger partial charge in [0, 0.05) is 18.0 Å². The van der Waals surface area contributed by atoms with Crippen molar-refractivity contribution in [1.82, 2.24) is 4.57 Å². The van der Waals surface area contributed by atoms with Crippen LogP contribution in [0.5, 0.6) is 0 Å². The Morgan fingerprint density at radius 1 is 1.61 bits per heavy atom. The van der Waals surface area contributed by atoms with Gasteiger partial charge in [-0.15, -0.1) is 11.3 Å². The molecule has 1 aliphatic rings. The Morgan fingerprint density at radius 3 is 3.11 bits per heavy atom. The van der Waals surface area contributed by atoms with Crippen molar-refractivity contribution in [2.45, 2.75) is 32.4 Å². The van der Waals surface area contributed by atoms with Crippen molar-refractivity contribution in [1.29, 1.82) is 0 Å². The normalized spacial score (nSPS) is 19.7. The Hall–Kier alpha value is -1.33. The lowest BCUT2D eigenvalue weighted by Gasteiger charge is -2.13. The molecule has 96 valence electrons. The summed E-state index contributed by atoms with van der Waals surface area (Å²) in [5.41, 5.74) is 1.39. The molecule has 0 amide bonds. The fraction of sp³-hybridized carbons (Fsp3) is 0.462. The van der Waals surface area contributed by atoms with E-state index in [4.69, 9.17) is 4.74 Å². The van der Waals surface area contributed by atoms with E-state index in [0.717, 1.165) is 29.7 Å². The summed E-state index contributed by atoms with van der Waals surface area (Å²) in [6, 6.07) is 3.83.